The van der Waals surface area contributed by atoms with E-state index in [2.05, 4.69) is 33.9 Å². The van der Waals surface area contributed by atoms with Gasteiger partial charge in [-0.2, -0.15) is 0 Å². The zero-order valence-corrected chi connectivity index (χ0v) is 19.7. The molecule has 0 aromatic heterocycles. The Kier molecular flexibility index (Phi) is 23.4. The minimum absolute atomic E-state index is 0.626. The van der Waals surface area contributed by atoms with Crippen molar-refractivity contribution in [2.75, 3.05) is 11.9 Å². The molecule has 0 aliphatic heterocycles. The van der Waals surface area contributed by atoms with Crippen LogP contribution in [-0.2, 0) is 0 Å². The molecular weight excluding hydrogens is 410 g/mol. The van der Waals surface area contributed by atoms with Gasteiger partial charge in [0, 0.05) is 11.9 Å². The lowest BCUT2D eigenvalue weighted by Gasteiger charge is -2.04. The van der Waals surface area contributed by atoms with Gasteiger partial charge in [0.05, 0.1) is 0 Å². The van der Waals surface area contributed by atoms with E-state index in [1.54, 1.807) is 0 Å². The Labute approximate surface area is 177 Å². The summed E-state index contributed by atoms with van der Waals surface area (Å²) >= 11 is 12.4. The second-order valence-electron chi connectivity index (χ2n) is 7.28. The molecule has 0 rings (SSSR count). The molecule has 0 unspecified atom stereocenters. The van der Waals surface area contributed by atoms with Crippen LogP contribution in [0, 0.1) is 0 Å². The maximum Gasteiger partial charge on any atom is 0.130 e. The van der Waals surface area contributed by atoms with Crippen LogP contribution in [0.15, 0.2) is 0 Å². The zero-order valence-electron chi connectivity index (χ0n) is 16.4. The predicted molar refractivity (Wildman–Crippen MR) is 126 cm³/mol. The fourth-order valence-corrected chi connectivity index (χ4v) is 3.85. The maximum atomic E-state index is 4.87. The number of halogens is 1. The van der Waals surface area contributed by atoms with E-state index in [9.17, 15) is 0 Å². The van der Waals surface area contributed by atoms with Gasteiger partial charge >= 0.3 is 0 Å². The Bertz CT molecular complexity index is 275. The molecule has 0 radical (unpaired) electrons. The van der Waals surface area contributed by atoms with Crippen LogP contribution in [-0.4, -0.2) is 16.2 Å². The van der Waals surface area contributed by atoms with Crippen molar-refractivity contribution >= 4 is 45.1 Å². The molecule has 0 atom stereocenters. The minimum atomic E-state index is 0.626. The number of hydrogen-bond donors (Lipinski definition) is 2. The van der Waals surface area contributed by atoms with Crippen LogP contribution in [0.25, 0.3) is 0 Å². The van der Waals surface area contributed by atoms with Crippen LogP contribution in [0.3, 0.4) is 0 Å². The SMILES string of the molecule is S=C(S)NCCCCCCCCCCCCCCCCCCCCBr. The second kappa shape index (κ2) is 22.8. The van der Waals surface area contributed by atoms with E-state index >= 15 is 0 Å². The molecule has 0 fully saturated rings. The Morgan fingerprint density at radius 1 is 0.560 bits per heavy atom. The summed E-state index contributed by atoms with van der Waals surface area (Å²) in [6.45, 7) is 0.986. The Morgan fingerprint density at radius 2 is 0.840 bits per heavy atom. The van der Waals surface area contributed by atoms with E-state index in [1.807, 2.05) is 0 Å². The van der Waals surface area contributed by atoms with Gasteiger partial charge in [-0.15, -0.1) is 12.6 Å². The highest BCUT2D eigenvalue weighted by molar-refractivity contribution is 9.09. The molecule has 1 nitrogen and oxygen atoms in total. The average Bonchev–Trinajstić information content (AvgIpc) is 2.60. The minimum Gasteiger partial charge on any atom is -0.371 e. The molecule has 0 aromatic rings. The van der Waals surface area contributed by atoms with Gasteiger partial charge in [0.15, 0.2) is 0 Å². The highest BCUT2D eigenvalue weighted by Gasteiger charge is 1.95. The van der Waals surface area contributed by atoms with Gasteiger partial charge in [-0.3, -0.25) is 0 Å². The van der Waals surface area contributed by atoms with Crippen LogP contribution in [0.2, 0.25) is 0 Å². The molecular formula is C21H42BrNS2. The molecule has 0 spiro atoms. The summed E-state index contributed by atoms with van der Waals surface area (Å²) in [5.74, 6) is 0. The molecule has 4 heteroatoms. The molecule has 0 saturated carbocycles. The third kappa shape index (κ3) is 24.7. The van der Waals surface area contributed by atoms with Crippen LogP contribution in [0.5, 0.6) is 0 Å². The van der Waals surface area contributed by atoms with E-state index in [0.29, 0.717) is 4.32 Å². The molecule has 150 valence electrons. The van der Waals surface area contributed by atoms with E-state index in [1.165, 1.54) is 121 Å². The zero-order chi connectivity index (χ0) is 18.4. The van der Waals surface area contributed by atoms with Gasteiger partial charge in [-0.25, -0.2) is 0 Å². The van der Waals surface area contributed by atoms with E-state index < -0.39 is 0 Å². The standard InChI is InChI=1S/C21H42BrNS2/c22-19-17-15-13-11-9-7-5-3-1-2-4-6-8-10-12-14-16-18-20-23-21(24)25/h1-20H2,(H2,23,24,25). The third-order valence-electron chi connectivity index (χ3n) is 4.84. The van der Waals surface area contributed by atoms with Crippen LogP contribution in [0.4, 0.5) is 0 Å². The first-order chi connectivity index (χ1) is 12.3. The van der Waals surface area contributed by atoms with Crippen molar-refractivity contribution in [3.05, 3.63) is 0 Å². The molecule has 0 aliphatic carbocycles. The fraction of sp³-hybridized carbons (Fsp3) is 0.952. The molecule has 0 aliphatic rings. The summed E-state index contributed by atoms with van der Waals surface area (Å²) in [6, 6.07) is 0. The highest BCUT2D eigenvalue weighted by Crippen LogP contribution is 2.14. The summed E-state index contributed by atoms with van der Waals surface area (Å²) < 4.78 is 0.626. The van der Waals surface area contributed by atoms with Crippen LogP contribution in [0.1, 0.15) is 116 Å². The first-order valence-corrected chi connectivity index (χ1v) is 12.8. The Balaban J connectivity index is 2.97. The Morgan fingerprint density at radius 3 is 1.12 bits per heavy atom. The monoisotopic (exact) mass is 451 g/mol. The number of nitrogens with one attached hydrogen (secondary N) is 1. The first kappa shape index (κ1) is 25.7. The summed E-state index contributed by atoms with van der Waals surface area (Å²) in [7, 11) is 0. The maximum absolute atomic E-state index is 4.87. The number of alkyl halides is 1. The van der Waals surface area contributed by atoms with Crippen LogP contribution >= 0.6 is 40.8 Å². The molecule has 0 bridgehead atoms. The Hall–Kier alpha value is 0.720. The van der Waals surface area contributed by atoms with Gasteiger partial charge in [-0.1, -0.05) is 131 Å². The number of thiocarbonyl (C=S) groups is 1. The second-order valence-corrected chi connectivity index (χ2v) is 9.24. The van der Waals surface area contributed by atoms with Crippen molar-refractivity contribution in [2.45, 2.75) is 116 Å². The summed E-state index contributed by atoms with van der Waals surface area (Å²) in [5, 5.41) is 4.27. The number of hydrogen-bond acceptors (Lipinski definition) is 1. The van der Waals surface area contributed by atoms with Gasteiger partial charge in [0.25, 0.3) is 0 Å². The van der Waals surface area contributed by atoms with Crippen molar-refractivity contribution in [1.29, 1.82) is 0 Å². The van der Waals surface area contributed by atoms with E-state index in [4.69, 9.17) is 12.2 Å². The topological polar surface area (TPSA) is 12.0 Å². The summed E-state index contributed by atoms with van der Waals surface area (Å²) in [6.07, 6.45) is 25.5. The van der Waals surface area contributed by atoms with Crippen molar-refractivity contribution in [1.82, 2.24) is 5.32 Å². The lowest BCUT2D eigenvalue weighted by molar-refractivity contribution is 0.525. The van der Waals surface area contributed by atoms with E-state index in [0.717, 1.165) is 6.54 Å². The average molecular weight is 453 g/mol. The lowest BCUT2D eigenvalue weighted by Crippen LogP contribution is -2.17. The molecule has 0 aromatic carbocycles. The molecule has 0 heterocycles. The normalized spacial score (nSPS) is 11.0. The van der Waals surface area contributed by atoms with Gasteiger partial charge < -0.3 is 5.32 Å². The van der Waals surface area contributed by atoms with E-state index in [-0.39, 0.29) is 0 Å². The smallest absolute Gasteiger partial charge is 0.130 e. The highest BCUT2D eigenvalue weighted by atomic mass is 79.9. The molecule has 1 N–H and O–H groups in total. The molecule has 0 saturated heterocycles. The predicted octanol–water partition coefficient (Wildman–Crippen LogP) is 8.21. The van der Waals surface area contributed by atoms with Crippen molar-refractivity contribution in [3.8, 4) is 0 Å². The lowest BCUT2D eigenvalue weighted by atomic mass is 10.0. The van der Waals surface area contributed by atoms with Gasteiger partial charge in [0.1, 0.15) is 4.32 Å². The largest absolute Gasteiger partial charge is 0.371 e. The summed E-state index contributed by atoms with van der Waals surface area (Å²) in [4.78, 5) is 0. The van der Waals surface area contributed by atoms with Crippen molar-refractivity contribution in [2.24, 2.45) is 0 Å². The first-order valence-electron chi connectivity index (χ1n) is 10.8. The third-order valence-corrected chi connectivity index (χ3v) is 5.70. The molecule has 25 heavy (non-hydrogen) atoms. The number of unbranched alkanes of at least 4 members (excludes halogenated alkanes) is 17. The van der Waals surface area contributed by atoms with Crippen LogP contribution < -0.4 is 5.32 Å². The number of thiol groups is 1. The van der Waals surface area contributed by atoms with Crippen molar-refractivity contribution < 1.29 is 0 Å². The fourth-order valence-electron chi connectivity index (χ4n) is 3.24. The number of rotatable bonds is 20. The quantitative estimate of drug-likeness (QED) is 0.0835. The van der Waals surface area contributed by atoms with Gasteiger partial charge in [-0.05, 0) is 12.8 Å². The van der Waals surface area contributed by atoms with Crippen molar-refractivity contribution in [3.63, 3.8) is 0 Å². The summed E-state index contributed by atoms with van der Waals surface area (Å²) in [5.41, 5.74) is 0. The molecule has 0 amide bonds. The van der Waals surface area contributed by atoms with Gasteiger partial charge in [0.2, 0.25) is 0 Å².